The summed E-state index contributed by atoms with van der Waals surface area (Å²) in [5.74, 6) is 0.909. The molecule has 0 heterocycles. The number of nitrogens with one attached hydrogen (secondary N) is 1. The number of ether oxygens (including phenoxy) is 1. The SMILES string of the molecule is CCCOc1ccc(N[C@H]2CCCC[C@@H]2O)cc1. The minimum Gasteiger partial charge on any atom is -0.494 e. The van der Waals surface area contributed by atoms with Crippen LogP contribution in [0.4, 0.5) is 5.69 Å². The van der Waals surface area contributed by atoms with Gasteiger partial charge in [0.2, 0.25) is 0 Å². The Morgan fingerprint density at radius 1 is 1.22 bits per heavy atom. The maximum Gasteiger partial charge on any atom is 0.119 e. The molecule has 3 nitrogen and oxygen atoms in total. The molecule has 0 aliphatic heterocycles. The second-order valence-electron chi connectivity index (χ2n) is 4.98. The lowest BCUT2D eigenvalue weighted by Gasteiger charge is -2.29. The second-order valence-corrected chi connectivity index (χ2v) is 4.98. The van der Waals surface area contributed by atoms with E-state index in [0.29, 0.717) is 0 Å². The van der Waals surface area contributed by atoms with Crippen molar-refractivity contribution in [2.75, 3.05) is 11.9 Å². The summed E-state index contributed by atoms with van der Waals surface area (Å²) in [5.41, 5.74) is 1.06. The van der Waals surface area contributed by atoms with Gasteiger partial charge >= 0.3 is 0 Å². The summed E-state index contributed by atoms with van der Waals surface area (Å²) in [6, 6.07) is 8.19. The third-order valence-electron chi connectivity index (χ3n) is 3.41. The number of aliphatic hydroxyl groups is 1. The highest BCUT2D eigenvalue weighted by atomic mass is 16.5. The molecule has 0 bridgehead atoms. The lowest BCUT2D eigenvalue weighted by atomic mass is 9.92. The fourth-order valence-corrected chi connectivity index (χ4v) is 2.36. The molecule has 0 amide bonds. The van der Waals surface area contributed by atoms with Crippen molar-refractivity contribution in [1.82, 2.24) is 0 Å². The number of hydrogen-bond acceptors (Lipinski definition) is 3. The van der Waals surface area contributed by atoms with Gasteiger partial charge < -0.3 is 15.2 Å². The first-order valence-electron chi connectivity index (χ1n) is 6.97. The first-order chi connectivity index (χ1) is 8.79. The monoisotopic (exact) mass is 249 g/mol. The molecule has 1 aromatic carbocycles. The van der Waals surface area contributed by atoms with Gasteiger partial charge in [-0.15, -0.1) is 0 Å². The maximum atomic E-state index is 9.91. The molecule has 1 aliphatic rings. The number of benzene rings is 1. The van der Waals surface area contributed by atoms with Crippen molar-refractivity contribution < 1.29 is 9.84 Å². The van der Waals surface area contributed by atoms with Crippen molar-refractivity contribution >= 4 is 5.69 Å². The van der Waals surface area contributed by atoms with Crippen molar-refractivity contribution in [3.05, 3.63) is 24.3 Å². The Morgan fingerprint density at radius 2 is 1.94 bits per heavy atom. The number of hydrogen-bond donors (Lipinski definition) is 2. The normalized spacial score (nSPS) is 23.7. The molecule has 2 rings (SSSR count). The smallest absolute Gasteiger partial charge is 0.119 e. The highest BCUT2D eigenvalue weighted by Gasteiger charge is 2.22. The van der Waals surface area contributed by atoms with Crippen LogP contribution in [0.1, 0.15) is 39.0 Å². The van der Waals surface area contributed by atoms with Crippen LogP contribution >= 0.6 is 0 Å². The van der Waals surface area contributed by atoms with Crippen molar-refractivity contribution in [1.29, 1.82) is 0 Å². The fourth-order valence-electron chi connectivity index (χ4n) is 2.36. The number of aliphatic hydroxyl groups excluding tert-OH is 1. The lowest BCUT2D eigenvalue weighted by molar-refractivity contribution is 0.116. The van der Waals surface area contributed by atoms with Gasteiger partial charge in [-0.25, -0.2) is 0 Å². The van der Waals surface area contributed by atoms with Crippen LogP contribution in [0.3, 0.4) is 0 Å². The predicted molar refractivity (Wildman–Crippen MR) is 74.1 cm³/mol. The molecule has 1 fully saturated rings. The zero-order valence-corrected chi connectivity index (χ0v) is 11.1. The summed E-state index contributed by atoms with van der Waals surface area (Å²) in [6.07, 6.45) is 5.11. The van der Waals surface area contributed by atoms with Crippen LogP contribution in [-0.2, 0) is 0 Å². The Balaban J connectivity index is 1.89. The third kappa shape index (κ3) is 3.64. The second kappa shape index (κ2) is 6.64. The van der Waals surface area contributed by atoms with Crippen LogP contribution < -0.4 is 10.1 Å². The molecular formula is C15H23NO2. The van der Waals surface area contributed by atoms with Crippen LogP contribution in [0.2, 0.25) is 0 Å². The van der Waals surface area contributed by atoms with E-state index >= 15 is 0 Å². The molecule has 1 saturated carbocycles. The molecule has 0 saturated heterocycles. The lowest BCUT2D eigenvalue weighted by Crippen LogP contribution is -2.36. The largest absolute Gasteiger partial charge is 0.494 e. The molecule has 0 radical (unpaired) electrons. The van der Waals surface area contributed by atoms with E-state index in [1.807, 2.05) is 24.3 Å². The molecule has 0 spiro atoms. The van der Waals surface area contributed by atoms with Crippen LogP contribution in [0.15, 0.2) is 24.3 Å². The topological polar surface area (TPSA) is 41.5 Å². The van der Waals surface area contributed by atoms with E-state index in [1.165, 1.54) is 6.42 Å². The minimum atomic E-state index is -0.213. The Kier molecular flexibility index (Phi) is 4.88. The Morgan fingerprint density at radius 3 is 2.61 bits per heavy atom. The van der Waals surface area contributed by atoms with Gasteiger partial charge in [0.15, 0.2) is 0 Å². The first kappa shape index (κ1) is 13.2. The summed E-state index contributed by atoms with van der Waals surface area (Å²) >= 11 is 0. The van der Waals surface area contributed by atoms with Crippen molar-refractivity contribution in [3.63, 3.8) is 0 Å². The van der Waals surface area contributed by atoms with Crippen LogP contribution in [0.25, 0.3) is 0 Å². The average Bonchev–Trinajstić information content (AvgIpc) is 2.41. The van der Waals surface area contributed by atoms with Gasteiger partial charge in [-0.2, -0.15) is 0 Å². The Labute approximate surface area is 109 Å². The summed E-state index contributed by atoms with van der Waals surface area (Å²) < 4.78 is 5.54. The molecule has 1 aliphatic carbocycles. The molecule has 0 aromatic heterocycles. The molecule has 100 valence electrons. The fraction of sp³-hybridized carbons (Fsp3) is 0.600. The molecular weight excluding hydrogens is 226 g/mol. The molecule has 18 heavy (non-hydrogen) atoms. The van der Waals surface area contributed by atoms with E-state index in [9.17, 15) is 5.11 Å². The van der Waals surface area contributed by atoms with E-state index in [1.54, 1.807) is 0 Å². The Bertz CT molecular complexity index is 350. The van der Waals surface area contributed by atoms with Crippen molar-refractivity contribution in [3.8, 4) is 5.75 Å². The Hall–Kier alpha value is -1.22. The minimum absolute atomic E-state index is 0.196. The van der Waals surface area contributed by atoms with Gasteiger partial charge in [-0.3, -0.25) is 0 Å². The molecule has 0 unspecified atom stereocenters. The van der Waals surface area contributed by atoms with E-state index in [-0.39, 0.29) is 12.1 Å². The van der Waals surface area contributed by atoms with Crippen LogP contribution in [0.5, 0.6) is 5.75 Å². The third-order valence-corrected chi connectivity index (χ3v) is 3.41. The summed E-state index contributed by atoms with van der Waals surface area (Å²) in [6.45, 7) is 2.86. The van der Waals surface area contributed by atoms with Gasteiger partial charge in [0.25, 0.3) is 0 Å². The van der Waals surface area contributed by atoms with Gasteiger partial charge in [0.1, 0.15) is 5.75 Å². The van der Waals surface area contributed by atoms with E-state index in [2.05, 4.69) is 12.2 Å². The zero-order chi connectivity index (χ0) is 12.8. The van der Waals surface area contributed by atoms with E-state index in [4.69, 9.17) is 4.74 Å². The van der Waals surface area contributed by atoms with Gasteiger partial charge in [-0.1, -0.05) is 19.8 Å². The van der Waals surface area contributed by atoms with Crippen LogP contribution in [-0.4, -0.2) is 23.9 Å². The summed E-state index contributed by atoms with van der Waals surface area (Å²) in [5, 5.41) is 13.3. The number of rotatable bonds is 5. The van der Waals surface area contributed by atoms with Gasteiger partial charge in [-0.05, 0) is 43.5 Å². The average molecular weight is 249 g/mol. The summed E-state index contributed by atoms with van der Waals surface area (Å²) in [7, 11) is 0. The highest BCUT2D eigenvalue weighted by molar-refractivity contribution is 5.47. The zero-order valence-electron chi connectivity index (χ0n) is 11.1. The van der Waals surface area contributed by atoms with Crippen molar-refractivity contribution in [2.45, 2.75) is 51.2 Å². The standard InChI is InChI=1S/C15H23NO2/c1-2-11-18-13-9-7-12(8-10-13)16-14-5-3-4-6-15(14)17/h7-10,14-17H,2-6,11H2,1H3/t14-,15-/m0/s1. The predicted octanol–water partition coefficient (Wildman–Crippen LogP) is 3.19. The van der Waals surface area contributed by atoms with Gasteiger partial charge in [0.05, 0.1) is 18.8 Å². The molecule has 1 aromatic rings. The number of anilines is 1. The highest BCUT2D eigenvalue weighted by Crippen LogP contribution is 2.23. The quantitative estimate of drug-likeness (QED) is 0.842. The molecule has 3 heteroatoms. The maximum absolute atomic E-state index is 9.91. The van der Waals surface area contributed by atoms with Crippen LogP contribution in [0, 0.1) is 0 Å². The van der Waals surface area contributed by atoms with Crippen molar-refractivity contribution in [2.24, 2.45) is 0 Å². The summed E-state index contributed by atoms with van der Waals surface area (Å²) in [4.78, 5) is 0. The van der Waals surface area contributed by atoms with E-state index < -0.39 is 0 Å². The van der Waals surface area contributed by atoms with Gasteiger partial charge in [0, 0.05) is 5.69 Å². The van der Waals surface area contributed by atoms with E-state index in [0.717, 1.165) is 43.7 Å². The first-order valence-corrected chi connectivity index (χ1v) is 6.97. The molecule has 2 atom stereocenters. The molecule has 2 N–H and O–H groups in total.